The average Bonchev–Trinajstić information content (AvgIpc) is 3.33. The molecule has 6 nitrogen and oxygen atoms in total. The summed E-state index contributed by atoms with van der Waals surface area (Å²) in [6, 6.07) is 20.0. The molecule has 1 atom stereocenters. The van der Waals surface area contributed by atoms with Gasteiger partial charge < -0.3 is 10.3 Å². The number of aromatic nitrogens is 1. The molecule has 1 amide bonds. The van der Waals surface area contributed by atoms with Gasteiger partial charge in [0.1, 0.15) is 5.82 Å². The minimum atomic E-state index is -3.74. The third kappa shape index (κ3) is 5.77. The number of halogens is 2. The number of hydrogen-bond donors (Lipinski definition) is 3. The van der Waals surface area contributed by atoms with Crippen molar-refractivity contribution in [3.05, 3.63) is 89.2 Å². The molecule has 3 aromatic carbocycles. The van der Waals surface area contributed by atoms with Crippen molar-refractivity contribution in [1.29, 1.82) is 0 Å². The van der Waals surface area contributed by atoms with E-state index in [1.165, 1.54) is 12.1 Å². The molecular weight excluding hydrogens is 525 g/mol. The van der Waals surface area contributed by atoms with Crippen LogP contribution in [0.2, 0.25) is 5.02 Å². The number of hydrogen-bond acceptors (Lipinski definition) is 3. The van der Waals surface area contributed by atoms with Gasteiger partial charge >= 0.3 is 0 Å². The molecular formula is C29H29ClFN3O3S. The van der Waals surface area contributed by atoms with Crippen molar-refractivity contribution in [2.24, 2.45) is 5.92 Å². The van der Waals surface area contributed by atoms with Gasteiger partial charge in [0.05, 0.1) is 10.9 Å². The highest BCUT2D eigenvalue weighted by molar-refractivity contribution is 7.89. The molecule has 198 valence electrons. The maximum atomic E-state index is 13.2. The van der Waals surface area contributed by atoms with Gasteiger partial charge in [-0.25, -0.2) is 17.5 Å². The summed E-state index contributed by atoms with van der Waals surface area (Å²) in [5.74, 6) is -0.561. The summed E-state index contributed by atoms with van der Waals surface area (Å²) in [4.78, 5) is 16.2. The Bertz CT molecular complexity index is 1560. The van der Waals surface area contributed by atoms with Crippen molar-refractivity contribution in [1.82, 2.24) is 15.0 Å². The Balaban J connectivity index is 1.20. The fraction of sp³-hybridized carbons (Fsp3) is 0.276. The fourth-order valence-corrected chi connectivity index (χ4v) is 6.59. The SMILES string of the molecule is C[C@@H](NC(=O)C1CCC(NS(=O)(=O)c2ccc3cc(-c4ccccc4Cl)[nH]c3c2)CC1)c1ccc(F)cc1. The molecule has 1 aromatic heterocycles. The van der Waals surface area contributed by atoms with Gasteiger partial charge in [-0.1, -0.05) is 48.0 Å². The van der Waals surface area contributed by atoms with E-state index in [4.69, 9.17) is 11.6 Å². The van der Waals surface area contributed by atoms with Crippen LogP contribution in [0.4, 0.5) is 4.39 Å². The van der Waals surface area contributed by atoms with Crippen LogP contribution < -0.4 is 10.0 Å². The topological polar surface area (TPSA) is 91.1 Å². The van der Waals surface area contributed by atoms with E-state index in [-0.39, 0.29) is 34.6 Å². The smallest absolute Gasteiger partial charge is 0.240 e. The third-order valence-corrected chi connectivity index (χ3v) is 9.06. The van der Waals surface area contributed by atoms with Gasteiger partial charge in [-0.3, -0.25) is 4.79 Å². The predicted molar refractivity (Wildman–Crippen MR) is 148 cm³/mol. The molecule has 1 heterocycles. The largest absolute Gasteiger partial charge is 0.354 e. The number of nitrogens with one attached hydrogen (secondary N) is 3. The number of sulfonamides is 1. The number of aromatic amines is 1. The number of fused-ring (bicyclic) bond motifs is 1. The Labute approximate surface area is 226 Å². The molecule has 1 saturated carbocycles. The first kappa shape index (κ1) is 26.4. The molecule has 1 aliphatic rings. The number of rotatable bonds is 7. The predicted octanol–water partition coefficient (Wildman–Crippen LogP) is 6.34. The second-order valence-corrected chi connectivity index (χ2v) is 12.0. The van der Waals surface area contributed by atoms with Crippen LogP contribution in [0.15, 0.2) is 77.7 Å². The normalized spacial score (nSPS) is 18.8. The summed E-state index contributed by atoms with van der Waals surface area (Å²) in [6.07, 6.45) is 2.32. The molecule has 1 fully saturated rings. The van der Waals surface area contributed by atoms with Crippen LogP contribution in [0.25, 0.3) is 22.2 Å². The highest BCUT2D eigenvalue weighted by atomic mass is 35.5. The van der Waals surface area contributed by atoms with Gasteiger partial charge in [0.15, 0.2) is 0 Å². The number of benzene rings is 3. The summed E-state index contributed by atoms with van der Waals surface area (Å²) in [7, 11) is -3.74. The first-order valence-electron chi connectivity index (χ1n) is 12.7. The van der Waals surface area contributed by atoms with E-state index in [9.17, 15) is 17.6 Å². The van der Waals surface area contributed by atoms with Crippen LogP contribution in [0.5, 0.6) is 0 Å². The number of amides is 1. The lowest BCUT2D eigenvalue weighted by atomic mass is 9.85. The van der Waals surface area contributed by atoms with Crippen LogP contribution in [-0.4, -0.2) is 25.4 Å². The standard InChI is InChI=1S/C29H29ClFN3O3S/c1-18(19-6-11-22(31)12-7-19)32-29(35)20-8-13-23(14-9-20)34-38(36,37)24-15-10-21-16-28(33-27(21)17-24)25-4-2-3-5-26(25)30/h2-7,10-12,15-18,20,23,33-34H,8-9,13-14H2,1H3,(H,32,35)/t18-,20?,23?/m1/s1. The Morgan fingerprint density at radius 1 is 1.00 bits per heavy atom. The molecule has 0 bridgehead atoms. The molecule has 0 spiro atoms. The van der Waals surface area contributed by atoms with E-state index in [1.807, 2.05) is 37.3 Å². The highest BCUT2D eigenvalue weighted by Crippen LogP contribution is 2.31. The molecule has 1 aliphatic carbocycles. The quantitative estimate of drug-likeness (QED) is 0.249. The van der Waals surface area contributed by atoms with Gasteiger partial charge in [-0.05, 0) is 74.6 Å². The molecule has 9 heteroatoms. The summed E-state index contributed by atoms with van der Waals surface area (Å²) >= 11 is 6.32. The zero-order chi connectivity index (χ0) is 26.9. The third-order valence-electron chi connectivity index (χ3n) is 7.22. The molecule has 4 aromatic rings. The summed E-state index contributed by atoms with van der Waals surface area (Å²) in [5, 5.41) is 4.50. The lowest BCUT2D eigenvalue weighted by Gasteiger charge is -2.29. The molecule has 3 N–H and O–H groups in total. The lowest BCUT2D eigenvalue weighted by molar-refractivity contribution is -0.126. The highest BCUT2D eigenvalue weighted by Gasteiger charge is 2.30. The first-order valence-corrected chi connectivity index (χ1v) is 14.5. The van der Waals surface area contributed by atoms with E-state index >= 15 is 0 Å². The summed E-state index contributed by atoms with van der Waals surface area (Å²) in [5.41, 5.74) is 3.21. The molecule has 5 rings (SSSR count). The van der Waals surface area contributed by atoms with Gasteiger partial charge in [0, 0.05) is 39.1 Å². The maximum absolute atomic E-state index is 13.2. The summed E-state index contributed by atoms with van der Waals surface area (Å²) in [6.45, 7) is 1.86. The Morgan fingerprint density at radius 2 is 1.71 bits per heavy atom. The van der Waals surface area contributed by atoms with Crippen molar-refractivity contribution in [3.63, 3.8) is 0 Å². The number of H-pyrrole nitrogens is 1. The Hall–Kier alpha value is -3.20. The Morgan fingerprint density at radius 3 is 2.42 bits per heavy atom. The number of carbonyl (C=O) groups excluding carboxylic acids is 1. The van der Waals surface area contributed by atoms with Crippen molar-refractivity contribution >= 4 is 38.4 Å². The van der Waals surface area contributed by atoms with E-state index < -0.39 is 10.0 Å². The van der Waals surface area contributed by atoms with Crippen LogP contribution in [0.3, 0.4) is 0 Å². The summed E-state index contributed by atoms with van der Waals surface area (Å²) < 4.78 is 42.3. The zero-order valence-corrected chi connectivity index (χ0v) is 22.5. The molecule has 0 saturated heterocycles. The Kier molecular flexibility index (Phi) is 7.56. The number of carbonyl (C=O) groups is 1. The maximum Gasteiger partial charge on any atom is 0.240 e. The van der Waals surface area contributed by atoms with Crippen LogP contribution >= 0.6 is 11.6 Å². The van der Waals surface area contributed by atoms with Crippen LogP contribution in [0, 0.1) is 11.7 Å². The van der Waals surface area contributed by atoms with E-state index in [2.05, 4.69) is 15.0 Å². The minimum absolute atomic E-state index is 0.0605. The van der Waals surface area contributed by atoms with E-state index in [0.29, 0.717) is 36.2 Å². The van der Waals surface area contributed by atoms with Crippen molar-refractivity contribution in [2.45, 2.75) is 49.6 Å². The van der Waals surface area contributed by atoms with Crippen LogP contribution in [0.1, 0.15) is 44.2 Å². The molecule has 0 unspecified atom stereocenters. The van der Waals surface area contributed by atoms with Crippen molar-refractivity contribution < 1.29 is 17.6 Å². The van der Waals surface area contributed by atoms with Gasteiger partial charge in [-0.2, -0.15) is 0 Å². The van der Waals surface area contributed by atoms with E-state index in [0.717, 1.165) is 22.2 Å². The second kappa shape index (κ2) is 10.9. The molecule has 38 heavy (non-hydrogen) atoms. The first-order chi connectivity index (χ1) is 18.2. The zero-order valence-electron chi connectivity index (χ0n) is 20.9. The average molecular weight is 554 g/mol. The second-order valence-electron chi connectivity index (χ2n) is 9.86. The van der Waals surface area contributed by atoms with Gasteiger partial charge in [0.2, 0.25) is 15.9 Å². The van der Waals surface area contributed by atoms with E-state index in [1.54, 1.807) is 30.3 Å². The minimum Gasteiger partial charge on any atom is -0.354 e. The fourth-order valence-electron chi connectivity index (χ4n) is 5.02. The van der Waals surface area contributed by atoms with Gasteiger partial charge in [0.25, 0.3) is 0 Å². The monoisotopic (exact) mass is 553 g/mol. The van der Waals surface area contributed by atoms with Crippen molar-refractivity contribution in [2.75, 3.05) is 0 Å². The van der Waals surface area contributed by atoms with Gasteiger partial charge in [-0.15, -0.1) is 0 Å². The van der Waals surface area contributed by atoms with Crippen LogP contribution in [-0.2, 0) is 14.8 Å². The van der Waals surface area contributed by atoms with Crippen molar-refractivity contribution in [3.8, 4) is 11.3 Å². The molecule has 0 aliphatic heterocycles. The molecule has 0 radical (unpaired) electrons. The lowest BCUT2D eigenvalue weighted by Crippen LogP contribution is -2.41.